The molecule has 0 radical (unpaired) electrons. The minimum atomic E-state index is -2.27. The van der Waals surface area contributed by atoms with Crippen LogP contribution < -0.4 is 0 Å². The lowest BCUT2D eigenvalue weighted by atomic mass is 10.1. The molecule has 1 aromatic carbocycles. The van der Waals surface area contributed by atoms with Crippen LogP contribution in [0.3, 0.4) is 0 Å². The summed E-state index contributed by atoms with van der Waals surface area (Å²) in [5.74, 6) is 0. The number of allylic oxidation sites excluding steroid dienone is 1. The van der Waals surface area contributed by atoms with Crippen molar-refractivity contribution in [3.05, 3.63) is 48.0 Å². The number of likely N-dealkylation sites (N-methyl/N-ethyl adjacent to an activating group) is 1. The van der Waals surface area contributed by atoms with Crippen molar-refractivity contribution >= 4 is 18.9 Å². The molecular weight excluding hydrogens is 250 g/mol. The molecule has 3 atom stereocenters. The maximum absolute atomic E-state index is 6.66. The number of hydrogen-bond acceptors (Lipinski definition) is 2. The van der Waals surface area contributed by atoms with Crippen molar-refractivity contribution < 1.29 is 4.43 Å². The first-order valence-electron chi connectivity index (χ1n) is 5.94. The van der Waals surface area contributed by atoms with Gasteiger partial charge in [0.2, 0.25) is 0 Å². The van der Waals surface area contributed by atoms with E-state index < -0.39 is 7.79 Å². The lowest BCUT2D eigenvalue weighted by molar-refractivity contribution is 0.212. The first-order chi connectivity index (χ1) is 8.15. The number of hydrogen-bond donors (Lipinski definition) is 0. The fourth-order valence-electron chi connectivity index (χ4n) is 2.99. The molecule has 1 aliphatic carbocycles. The van der Waals surface area contributed by atoms with Crippen LogP contribution in [0.4, 0.5) is 0 Å². The van der Waals surface area contributed by atoms with Gasteiger partial charge in [-0.05, 0) is 24.6 Å². The van der Waals surface area contributed by atoms with Gasteiger partial charge in [-0.2, -0.15) is 0 Å². The standard InChI is InChI=1S/C13H16ClNOSi/c1-3-8-17(14)15(2)13-11-7-5-4-6-10(11)9-12(13)16-17/h3-7,12-13H,1,8-9H2,2H3/t12-,13+,17?/m1/s1. The third kappa shape index (κ3) is 1.61. The lowest BCUT2D eigenvalue weighted by Gasteiger charge is -2.27. The zero-order valence-corrected chi connectivity index (χ0v) is 11.7. The van der Waals surface area contributed by atoms with Crippen LogP contribution in [0.2, 0.25) is 6.04 Å². The highest BCUT2D eigenvalue weighted by atomic mass is 35.6. The summed E-state index contributed by atoms with van der Waals surface area (Å²) in [7, 11) is -0.174. The van der Waals surface area contributed by atoms with Gasteiger partial charge in [-0.25, -0.2) is 0 Å². The third-order valence-corrected chi connectivity index (χ3v) is 8.14. The van der Waals surface area contributed by atoms with E-state index >= 15 is 0 Å². The SMILES string of the molecule is C=CC[Si]1(Cl)O[C@@H]2Cc3ccccc3[C@@H]2N1C. The molecule has 1 unspecified atom stereocenters. The van der Waals surface area contributed by atoms with E-state index in [0.29, 0.717) is 6.04 Å². The Kier molecular flexibility index (Phi) is 2.67. The zero-order chi connectivity index (χ0) is 12.0. The van der Waals surface area contributed by atoms with Crippen molar-refractivity contribution in [2.24, 2.45) is 0 Å². The third-order valence-electron chi connectivity index (χ3n) is 3.82. The van der Waals surface area contributed by atoms with Crippen molar-refractivity contribution in [3.63, 3.8) is 0 Å². The summed E-state index contributed by atoms with van der Waals surface area (Å²) < 4.78 is 8.44. The molecule has 4 heteroatoms. The molecule has 0 amide bonds. The van der Waals surface area contributed by atoms with Crippen molar-refractivity contribution in [2.45, 2.75) is 24.6 Å². The van der Waals surface area contributed by atoms with E-state index in [4.69, 9.17) is 15.5 Å². The molecule has 1 aromatic rings. The monoisotopic (exact) mass is 265 g/mol. The Morgan fingerprint density at radius 1 is 1.59 bits per heavy atom. The van der Waals surface area contributed by atoms with Gasteiger partial charge in [0.15, 0.2) is 0 Å². The Balaban J connectivity index is 1.97. The Hall–Kier alpha value is -0.613. The Morgan fingerprint density at radius 3 is 3.12 bits per heavy atom. The summed E-state index contributed by atoms with van der Waals surface area (Å²) in [5.41, 5.74) is 2.79. The maximum atomic E-state index is 6.66. The molecule has 0 aromatic heterocycles. The molecule has 1 saturated heterocycles. The van der Waals surface area contributed by atoms with Crippen molar-refractivity contribution in [3.8, 4) is 0 Å². The highest BCUT2D eigenvalue weighted by molar-refractivity contribution is 7.15. The summed E-state index contributed by atoms with van der Waals surface area (Å²) in [4.78, 5) is 0. The highest BCUT2D eigenvalue weighted by Gasteiger charge is 2.55. The van der Waals surface area contributed by atoms with E-state index in [1.807, 2.05) is 6.08 Å². The van der Waals surface area contributed by atoms with Crippen LogP contribution in [-0.4, -0.2) is 25.5 Å². The summed E-state index contributed by atoms with van der Waals surface area (Å²) in [6.07, 6.45) is 3.11. The summed E-state index contributed by atoms with van der Waals surface area (Å²) in [6.45, 7) is 3.79. The van der Waals surface area contributed by atoms with Crippen molar-refractivity contribution in [1.82, 2.24) is 4.57 Å². The van der Waals surface area contributed by atoms with E-state index in [-0.39, 0.29) is 6.10 Å². The van der Waals surface area contributed by atoms with Crippen LogP contribution in [-0.2, 0) is 10.8 Å². The predicted octanol–water partition coefficient (Wildman–Crippen LogP) is 2.98. The van der Waals surface area contributed by atoms with Crippen LogP contribution >= 0.6 is 11.1 Å². The van der Waals surface area contributed by atoms with Crippen LogP contribution in [0.25, 0.3) is 0 Å². The van der Waals surface area contributed by atoms with Gasteiger partial charge >= 0.3 is 7.79 Å². The molecule has 0 saturated carbocycles. The minimum Gasteiger partial charge on any atom is -0.386 e. The van der Waals surface area contributed by atoms with Gasteiger partial charge in [0.25, 0.3) is 0 Å². The largest absolute Gasteiger partial charge is 0.386 e. The van der Waals surface area contributed by atoms with Crippen LogP contribution in [0.15, 0.2) is 36.9 Å². The number of rotatable bonds is 2. The van der Waals surface area contributed by atoms with Gasteiger partial charge in [-0.1, -0.05) is 30.3 Å². The minimum absolute atomic E-state index is 0.238. The molecule has 0 bridgehead atoms. The fourth-order valence-corrected chi connectivity index (χ4v) is 6.28. The van der Waals surface area contributed by atoms with Gasteiger partial charge in [-0.15, -0.1) is 17.7 Å². The molecule has 90 valence electrons. The normalized spacial score (nSPS) is 35.6. The number of halogens is 1. The fraction of sp³-hybridized carbons (Fsp3) is 0.385. The van der Waals surface area contributed by atoms with Gasteiger partial charge in [0.05, 0.1) is 12.1 Å². The van der Waals surface area contributed by atoms with Crippen molar-refractivity contribution in [1.29, 1.82) is 0 Å². The van der Waals surface area contributed by atoms with Gasteiger partial charge in [0, 0.05) is 6.04 Å². The molecule has 2 nitrogen and oxygen atoms in total. The maximum Gasteiger partial charge on any atom is 0.378 e. The molecule has 0 spiro atoms. The van der Waals surface area contributed by atoms with E-state index in [0.717, 1.165) is 12.5 Å². The number of nitrogens with zero attached hydrogens (tertiary/aromatic N) is 1. The summed E-state index contributed by atoms with van der Waals surface area (Å²) >= 11 is 6.66. The second-order valence-corrected chi connectivity index (χ2v) is 9.30. The predicted molar refractivity (Wildman–Crippen MR) is 72.1 cm³/mol. The van der Waals surface area contributed by atoms with Crippen LogP contribution in [0.5, 0.6) is 0 Å². The first kappa shape index (κ1) is 11.5. The van der Waals surface area contributed by atoms with Gasteiger partial charge in [-0.3, -0.25) is 4.57 Å². The average molecular weight is 266 g/mol. The van der Waals surface area contributed by atoms with E-state index in [1.165, 1.54) is 11.1 Å². The second kappa shape index (κ2) is 3.95. The summed E-state index contributed by atoms with van der Waals surface area (Å²) in [5, 5.41) is 0. The van der Waals surface area contributed by atoms with E-state index in [9.17, 15) is 0 Å². The lowest BCUT2D eigenvalue weighted by Crippen LogP contribution is -2.43. The topological polar surface area (TPSA) is 12.5 Å². The molecule has 0 N–H and O–H groups in total. The van der Waals surface area contributed by atoms with Crippen molar-refractivity contribution in [2.75, 3.05) is 7.05 Å². The molecule has 1 fully saturated rings. The quantitative estimate of drug-likeness (QED) is 0.463. The van der Waals surface area contributed by atoms with Gasteiger partial charge in [0.1, 0.15) is 0 Å². The molecule has 1 heterocycles. The molecule has 3 rings (SSSR count). The molecule has 1 aliphatic heterocycles. The van der Waals surface area contributed by atoms with E-state index in [2.05, 4.69) is 42.5 Å². The van der Waals surface area contributed by atoms with Crippen LogP contribution in [0.1, 0.15) is 17.2 Å². The zero-order valence-electron chi connectivity index (χ0n) is 9.90. The summed E-state index contributed by atoms with van der Waals surface area (Å²) in [6, 6.07) is 9.70. The molecule has 17 heavy (non-hydrogen) atoms. The average Bonchev–Trinajstić information content (AvgIpc) is 2.75. The number of benzene rings is 1. The second-order valence-electron chi connectivity index (χ2n) is 4.80. The van der Waals surface area contributed by atoms with Gasteiger partial charge < -0.3 is 4.43 Å². The van der Waals surface area contributed by atoms with E-state index in [1.54, 1.807) is 0 Å². The highest BCUT2D eigenvalue weighted by Crippen LogP contribution is 2.47. The first-order valence-corrected chi connectivity index (χ1v) is 9.01. The smallest absolute Gasteiger partial charge is 0.378 e. The molecular formula is C13H16ClNOSi. The Labute approximate surface area is 108 Å². The number of fused-ring (bicyclic) bond motifs is 3. The Morgan fingerprint density at radius 2 is 2.35 bits per heavy atom. The Bertz CT molecular complexity index is 466. The molecule has 2 aliphatic rings. The van der Waals surface area contributed by atoms with Crippen LogP contribution in [0, 0.1) is 0 Å².